The maximum absolute atomic E-state index is 13.3. The molecule has 2 N–H and O–H groups in total. The highest BCUT2D eigenvalue weighted by molar-refractivity contribution is 5.95. The summed E-state index contributed by atoms with van der Waals surface area (Å²) in [6, 6.07) is 15.4. The molecule has 1 saturated heterocycles. The molecular weight excluding hydrogens is 420 g/mol. The number of nitrogens with zero attached hydrogens (tertiary/aromatic N) is 3. The molecule has 33 heavy (non-hydrogen) atoms. The van der Waals surface area contributed by atoms with Crippen molar-refractivity contribution in [2.75, 3.05) is 39.4 Å². The molecule has 172 valence electrons. The number of fused-ring (bicyclic) bond motifs is 4. The minimum absolute atomic E-state index is 0.0427. The number of nitrogens with two attached hydrogens (primary N) is 1. The molecule has 2 aromatic carbocycles. The van der Waals surface area contributed by atoms with E-state index >= 15 is 0 Å². The van der Waals surface area contributed by atoms with Crippen LogP contribution in [0.2, 0.25) is 0 Å². The maximum atomic E-state index is 13.3. The van der Waals surface area contributed by atoms with Crippen molar-refractivity contribution in [2.45, 2.75) is 18.4 Å². The largest absolute Gasteiger partial charge is 0.497 e. The first-order valence-electron chi connectivity index (χ1n) is 10.9. The Bertz CT molecular complexity index is 1170. The molecule has 0 bridgehead atoms. The lowest BCUT2D eigenvalue weighted by Gasteiger charge is -2.51. The minimum atomic E-state index is -0.411. The average molecular weight is 449 g/mol. The van der Waals surface area contributed by atoms with Crippen molar-refractivity contribution in [1.29, 1.82) is 0 Å². The zero-order valence-corrected chi connectivity index (χ0v) is 19.1. The van der Waals surface area contributed by atoms with Crippen molar-refractivity contribution in [3.05, 3.63) is 66.0 Å². The molecule has 0 atom stereocenters. The summed E-state index contributed by atoms with van der Waals surface area (Å²) in [5.41, 5.74) is 3.21. The summed E-state index contributed by atoms with van der Waals surface area (Å²) in [4.78, 5) is 15.2. The fourth-order valence-corrected chi connectivity index (χ4v) is 5.04. The number of anilines is 1. The number of carbonyl (C=O) groups is 1. The summed E-state index contributed by atoms with van der Waals surface area (Å²) in [6.45, 7) is 1.16. The van der Waals surface area contributed by atoms with E-state index in [1.165, 1.54) is 0 Å². The average Bonchev–Trinajstić information content (AvgIpc) is 3.37. The van der Waals surface area contributed by atoms with Gasteiger partial charge in [-0.3, -0.25) is 9.80 Å². The van der Waals surface area contributed by atoms with Crippen LogP contribution >= 0.6 is 0 Å². The van der Waals surface area contributed by atoms with E-state index < -0.39 is 5.54 Å². The number of piperidine rings is 1. The van der Waals surface area contributed by atoms with Crippen LogP contribution in [0.5, 0.6) is 17.2 Å². The van der Waals surface area contributed by atoms with Crippen molar-refractivity contribution >= 4 is 11.6 Å². The second kappa shape index (κ2) is 8.04. The summed E-state index contributed by atoms with van der Waals surface area (Å²) in [5, 5.41) is 1.87. The first-order chi connectivity index (χ1) is 16.0. The van der Waals surface area contributed by atoms with Gasteiger partial charge in [0, 0.05) is 37.0 Å². The Kier molecular flexibility index (Phi) is 5.17. The fraction of sp³-hybridized carbons (Fsp3) is 0.320. The molecule has 0 saturated carbocycles. The maximum Gasteiger partial charge on any atom is 0.254 e. The van der Waals surface area contributed by atoms with Crippen LogP contribution in [0.25, 0.3) is 5.69 Å². The van der Waals surface area contributed by atoms with Gasteiger partial charge in [-0.2, -0.15) is 0 Å². The summed E-state index contributed by atoms with van der Waals surface area (Å²) in [7, 11) is 4.81. The predicted molar refractivity (Wildman–Crippen MR) is 125 cm³/mol. The molecule has 1 spiro atoms. The normalized spacial score (nSPS) is 16.2. The molecule has 5 rings (SSSR count). The summed E-state index contributed by atoms with van der Waals surface area (Å²) in [5.74, 6) is 8.69. The number of likely N-dealkylation sites (tertiary alicyclic amines) is 1. The third kappa shape index (κ3) is 3.29. The smallest absolute Gasteiger partial charge is 0.254 e. The third-order valence-corrected chi connectivity index (χ3v) is 6.86. The van der Waals surface area contributed by atoms with Gasteiger partial charge in [-0.1, -0.05) is 0 Å². The monoisotopic (exact) mass is 448 g/mol. The number of rotatable bonds is 4. The van der Waals surface area contributed by atoms with E-state index in [1.807, 2.05) is 34.2 Å². The molecule has 3 aromatic rings. The number of amides is 1. The van der Waals surface area contributed by atoms with E-state index in [2.05, 4.69) is 16.8 Å². The Labute approximate surface area is 193 Å². The second-order valence-corrected chi connectivity index (χ2v) is 8.41. The van der Waals surface area contributed by atoms with Crippen LogP contribution in [-0.2, 0) is 5.54 Å². The van der Waals surface area contributed by atoms with Gasteiger partial charge >= 0.3 is 0 Å². The zero-order chi connectivity index (χ0) is 23.2. The second-order valence-electron chi connectivity index (χ2n) is 8.41. The van der Waals surface area contributed by atoms with E-state index in [-0.39, 0.29) is 5.91 Å². The van der Waals surface area contributed by atoms with Gasteiger partial charge < -0.3 is 23.7 Å². The number of hydrogen-bond donors (Lipinski definition) is 1. The molecule has 0 unspecified atom stereocenters. The van der Waals surface area contributed by atoms with Crippen molar-refractivity contribution < 1.29 is 19.0 Å². The lowest BCUT2D eigenvalue weighted by molar-refractivity contribution is 0.0654. The molecule has 1 fully saturated rings. The first-order valence-corrected chi connectivity index (χ1v) is 10.9. The van der Waals surface area contributed by atoms with Crippen molar-refractivity contribution in [3.63, 3.8) is 0 Å². The molecule has 2 aliphatic rings. The van der Waals surface area contributed by atoms with Crippen LogP contribution in [0.1, 0.15) is 28.9 Å². The van der Waals surface area contributed by atoms with Gasteiger partial charge in [0.25, 0.3) is 5.91 Å². The molecule has 3 heterocycles. The molecule has 8 nitrogen and oxygen atoms in total. The van der Waals surface area contributed by atoms with Gasteiger partial charge in [-0.25, -0.2) is 5.84 Å². The molecule has 2 aliphatic heterocycles. The lowest BCUT2D eigenvalue weighted by Crippen LogP contribution is -2.59. The van der Waals surface area contributed by atoms with E-state index in [9.17, 15) is 4.79 Å². The van der Waals surface area contributed by atoms with Crippen LogP contribution in [0.3, 0.4) is 0 Å². The lowest BCUT2D eigenvalue weighted by atomic mass is 9.81. The molecule has 1 aromatic heterocycles. The van der Waals surface area contributed by atoms with Gasteiger partial charge in [-0.05, 0) is 49.2 Å². The fourth-order valence-electron chi connectivity index (χ4n) is 5.04. The zero-order valence-electron chi connectivity index (χ0n) is 19.1. The number of hydrogen-bond acceptors (Lipinski definition) is 6. The molecule has 0 aliphatic carbocycles. The minimum Gasteiger partial charge on any atom is -0.497 e. The van der Waals surface area contributed by atoms with E-state index in [0.29, 0.717) is 43.0 Å². The van der Waals surface area contributed by atoms with Crippen molar-refractivity contribution in [3.8, 4) is 22.9 Å². The van der Waals surface area contributed by atoms with Crippen LogP contribution in [-0.4, -0.2) is 49.8 Å². The number of hydrazine groups is 1. The Morgan fingerprint density at radius 1 is 0.879 bits per heavy atom. The molecule has 0 radical (unpaired) electrons. The Hall–Kier alpha value is -3.65. The van der Waals surface area contributed by atoms with Crippen molar-refractivity contribution in [1.82, 2.24) is 9.47 Å². The number of benzene rings is 2. The van der Waals surface area contributed by atoms with Gasteiger partial charge in [0.05, 0.1) is 43.9 Å². The Balaban J connectivity index is 1.44. The standard InChI is InChI=1S/C25H28N4O4/c1-31-18-6-7-21-22(16-18)29(26)25(23-5-4-10-28(21)23)8-11-27(12-9-25)24(30)17-13-19(32-2)15-20(14-17)33-3/h4-7,10,13-16H,8-9,11-12,26H2,1-3H3. The van der Waals surface area contributed by atoms with Gasteiger partial charge in [-0.15, -0.1) is 0 Å². The third-order valence-electron chi connectivity index (χ3n) is 6.86. The quantitative estimate of drug-likeness (QED) is 0.617. The predicted octanol–water partition coefficient (Wildman–Crippen LogP) is 3.33. The van der Waals surface area contributed by atoms with E-state index in [1.54, 1.807) is 39.5 Å². The molecule has 1 amide bonds. The highest BCUT2D eigenvalue weighted by Gasteiger charge is 2.47. The van der Waals surface area contributed by atoms with E-state index in [4.69, 9.17) is 20.1 Å². The number of carbonyl (C=O) groups excluding carboxylic acids is 1. The first kappa shape index (κ1) is 21.2. The van der Waals surface area contributed by atoms with Crippen LogP contribution in [0, 0.1) is 0 Å². The number of ether oxygens (including phenoxy) is 3. The SMILES string of the molecule is COc1cc(OC)cc(C(=O)N2CCC3(CC2)c2cccn2-c2ccc(OC)cc2N3N)c1. The van der Waals surface area contributed by atoms with Crippen LogP contribution in [0.4, 0.5) is 5.69 Å². The molecular formula is C25H28N4O4. The summed E-state index contributed by atoms with van der Waals surface area (Å²) in [6.07, 6.45) is 3.48. The van der Waals surface area contributed by atoms with Gasteiger partial charge in [0.2, 0.25) is 0 Å². The van der Waals surface area contributed by atoms with E-state index in [0.717, 1.165) is 22.8 Å². The van der Waals surface area contributed by atoms with Gasteiger partial charge in [0.1, 0.15) is 17.2 Å². The van der Waals surface area contributed by atoms with Crippen LogP contribution in [0.15, 0.2) is 54.7 Å². The van der Waals surface area contributed by atoms with Crippen LogP contribution < -0.4 is 25.1 Å². The summed E-state index contributed by atoms with van der Waals surface area (Å²) < 4.78 is 18.3. The Morgan fingerprint density at radius 3 is 2.18 bits per heavy atom. The molecule has 8 heteroatoms. The number of aromatic nitrogens is 1. The van der Waals surface area contributed by atoms with Crippen molar-refractivity contribution in [2.24, 2.45) is 5.84 Å². The number of methoxy groups -OCH3 is 3. The van der Waals surface area contributed by atoms with Gasteiger partial charge in [0.15, 0.2) is 0 Å². The highest BCUT2D eigenvalue weighted by atomic mass is 16.5. The Morgan fingerprint density at radius 2 is 1.55 bits per heavy atom. The summed E-state index contributed by atoms with van der Waals surface area (Å²) >= 11 is 0. The topological polar surface area (TPSA) is 82.2 Å². The highest BCUT2D eigenvalue weighted by Crippen LogP contribution is 2.47.